The van der Waals surface area contributed by atoms with E-state index >= 15 is 0 Å². The second-order valence-corrected chi connectivity index (χ2v) is 4.96. The number of pyridine rings is 2. The summed E-state index contributed by atoms with van der Waals surface area (Å²) in [5, 5.41) is 4.18. The Morgan fingerprint density at radius 2 is 2.12 bits per heavy atom. The number of hydrogen-bond acceptors (Lipinski definition) is 4. The van der Waals surface area contributed by atoms with Gasteiger partial charge in [-0.2, -0.15) is 0 Å². The highest BCUT2D eigenvalue weighted by Gasteiger charge is 2.14. The van der Waals surface area contributed by atoms with Gasteiger partial charge in [-0.05, 0) is 32.9 Å². The third kappa shape index (κ3) is 2.58. The number of aromatic nitrogens is 2. The lowest BCUT2D eigenvalue weighted by Crippen LogP contribution is -2.27. The molecule has 0 aliphatic rings. The van der Waals surface area contributed by atoms with Crippen molar-refractivity contribution in [2.45, 2.75) is 26.3 Å². The molecule has 0 atom stereocenters. The van der Waals surface area contributed by atoms with Gasteiger partial charge in [-0.25, -0.2) is 4.98 Å². The molecule has 2 aromatic rings. The summed E-state index contributed by atoms with van der Waals surface area (Å²) in [7, 11) is 0. The fourth-order valence-corrected chi connectivity index (χ4v) is 1.61. The third-order valence-corrected chi connectivity index (χ3v) is 2.22. The molecule has 0 bridgehead atoms. The Hall–Kier alpha value is -1.97. The van der Waals surface area contributed by atoms with Crippen LogP contribution in [-0.4, -0.2) is 21.8 Å². The fourth-order valence-electron chi connectivity index (χ4n) is 1.61. The molecule has 0 spiro atoms. The molecule has 88 valence electrons. The summed E-state index contributed by atoms with van der Waals surface area (Å²) < 4.78 is 0. The van der Waals surface area contributed by atoms with Crippen molar-refractivity contribution < 1.29 is 4.79 Å². The van der Waals surface area contributed by atoms with Crippen LogP contribution in [0.5, 0.6) is 0 Å². The topological polar surface area (TPSA) is 54.9 Å². The molecular formula is C13H15N3O. The van der Waals surface area contributed by atoms with E-state index in [1.165, 1.54) is 0 Å². The van der Waals surface area contributed by atoms with E-state index in [1.807, 2.05) is 32.9 Å². The lowest BCUT2D eigenvalue weighted by molar-refractivity contribution is 0.111. The van der Waals surface area contributed by atoms with Gasteiger partial charge in [-0.1, -0.05) is 6.07 Å². The summed E-state index contributed by atoms with van der Waals surface area (Å²) in [4.78, 5) is 19.4. The summed E-state index contributed by atoms with van der Waals surface area (Å²) in [5.41, 5.74) is 1.07. The molecule has 0 fully saturated rings. The Kier molecular flexibility index (Phi) is 2.79. The van der Waals surface area contributed by atoms with Gasteiger partial charge in [0.2, 0.25) is 0 Å². The zero-order valence-electron chi connectivity index (χ0n) is 10.2. The molecule has 0 saturated heterocycles. The lowest BCUT2D eigenvalue weighted by Gasteiger charge is -2.22. The van der Waals surface area contributed by atoms with Gasteiger partial charge >= 0.3 is 0 Å². The molecule has 0 aliphatic carbocycles. The molecule has 0 radical (unpaired) electrons. The van der Waals surface area contributed by atoms with Crippen molar-refractivity contribution in [1.29, 1.82) is 0 Å². The highest BCUT2D eigenvalue weighted by molar-refractivity contribution is 5.92. The smallest absolute Gasteiger partial charge is 0.168 e. The van der Waals surface area contributed by atoms with Crippen LogP contribution in [0.1, 0.15) is 31.3 Å². The predicted octanol–water partition coefficient (Wildman–Crippen LogP) is 2.65. The quantitative estimate of drug-likeness (QED) is 0.804. The predicted molar refractivity (Wildman–Crippen MR) is 68.3 cm³/mol. The first-order chi connectivity index (χ1) is 7.99. The molecule has 1 N–H and O–H groups in total. The van der Waals surface area contributed by atoms with Crippen molar-refractivity contribution >= 4 is 23.0 Å². The van der Waals surface area contributed by atoms with Gasteiger partial charge in [0.25, 0.3) is 0 Å². The number of carbonyl (C=O) groups is 1. The second-order valence-electron chi connectivity index (χ2n) is 4.96. The summed E-state index contributed by atoms with van der Waals surface area (Å²) in [6.07, 6.45) is 2.47. The number of rotatable bonds is 2. The van der Waals surface area contributed by atoms with Gasteiger partial charge in [0.15, 0.2) is 12.1 Å². The molecule has 4 heteroatoms. The number of fused-ring (bicyclic) bond motifs is 1. The van der Waals surface area contributed by atoms with Crippen LogP contribution in [0, 0.1) is 0 Å². The monoisotopic (exact) mass is 229 g/mol. The highest BCUT2D eigenvalue weighted by atomic mass is 16.1. The molecule has 0 amide bonds. The molecule has 0 aromatic carbocycles. The normalized spacial score (nSPS) is 11.5. The number of nitrogens with one attached hydrogen (secondary N) is 1. The van der Waals surface area contributed by atoms with Crippen molar-refractivity contribution in [3.8, 4) is 0 Å². The van der Waals surface area contributed by atoms with Crippen LogP contribution in [0.2, 0.25) is 0 Å². The van der Waals surface area contributed by atoms with E-state index in [2.05, 4.69) is 15.3 Å². The van der Waals surface area contributed by atoms with Crippen LogP contribution in [0.15, 0.2) is 24.4 Å². The van der Waals surface area contributed by atoms with E-state index in [9.17, 15) is 4.79 Å². The van der Waals surface area contributed by atoms with Crippen LogP contribution < -0.4 is 5.32 Å². The van der Waals surface area contributed by atoms with E-state index in [0.29, 0.717) is 11.5 Å². The van der Waals surface area contributed by atoms with E-state index in [1.54, 1.807) is 12.3 Å². The zero-order chi connectivity index (χ0) is 12.5. The Morgan fingerprint density at radius 3 is 2.76 bits per heavy atom. The Morgan fingerprint density at radius 1 is 1.35 bits per heavy atom. The average molecular weight is 229 g/mol. The first-order valence-corrected chi connectivity index (χ1v) is 5.49. The standard InChI is InChI=1S/C13H15N3O/c1-13(2,3)16-12-11-9(5-4-6-14-11)7-10(8-17)15-12/h4-8H,1-3H3,(H,15,16). The van der Waals surface area contributed by atoms with Crippen molar-refractivity contribution in [2.75, 3.05) is 5.32 Å². The minimum atomic E-state index is -0.126. The third-order valence-electron chi connectivity index (χ3n) is 2.22. The van der Waals surface area contributed by atoms with Crippen molar-refractivity contribution in [2.24, 2.45) is 0 Å². The Balaban J connectivity index is 2.62. The number of nitrogens with zero attached hydrogens (tertiary/aromatic N) is 2. The van der Waals surface area contributed by atoms with Gasteiger partial charge in [-0.3, -0.25) is 9.78 Å². The minimum absolute atomic E-state index is 0.126. The van der Waals surface area contributed by atoms with Crippen LogP contribution in [0.25, 0.3) is 10.9 Å². The molecule has 4 nitrogen and oxygen atoms in total. The maximum Gasteiger partial charge on any atom is 0.168 e. The molecule has 2 rings (SSSR count). The van der Waals surface area contributed by atoms with Crippen LogP contribution in [0.3, 0.4) is 0 Å². The van der Waals surface area contributed by atoms with Crippen LogP contribution >= 0.6 is 0 Å². The summed E-state index contributed by atoms with van der Waals surface area (Å²) in [5.74, 6) is 0.651. The Bertz CT molecular complexity index is 558. The van der Waals surface area contributed by atoms with E-state index in [0.717, 1.165) is 17.2 Å². The molecule has 0 saturated carbocycles. The summed E-state index contributed by atoms with van der Waals surface area (Å²) in [6, 6.07) is 5.51. The van der Waals surface area contributed by atoms with Crippen molar-refractivity contribution in [1.82, 2.24) is 9.97 Å². The van der Waals surface area contributed by atoms with Crippen LogP contribution in [0.4, 0.5) is 5.82 Å². The van der Waals surface area contributed by atoms with E-state index in [-0.39, 0.29) is 5.54 Å². The van der Waals surface area contributed by atoms with E-state index in [4.69, 9.17) is 0 Å². The van der Waals surface area contributed by atoms with Gasteiger partial charge in [0.05, 0.1) is 0 Å². The Labute approximate surface area is 100 Å². The zero-order valence-corrected chi connectivity index (χ0v) is 10.2. The molecule has 2 aromatic heterocycles. The summed E-state index contributed by atoms with van der Waals surface area (Å²) in [6.45, 7) is 6.12. The highest BCUT2D eigenvalue weighted by Crippen LogP contribution is 2.22. The lowest BCUT2D eigenvalue weighted by atomic mass is 10.1. The number of carbonyl (C=O) groups excluding carboxylic acids is 1. The van der Waals surface area contributed by atoms with Gasteiger partial charge in [-0.15, -0.1) is 0 Å². The number of anilines is 1. The fraction of sp³-hybridized carbons (Fsp3) is 0.308. The first-order valence-electron chi connectivity index (χ1n) is 5.49. The maximum absolute atomic E-state index is 10.9. The maximum atomic E-state index is 10.9. The van der Waals surface area contributed by atoms with Crippen molar-refractivity contribution in [3.63, 3.8) is 0 Å². The molecule has 0 unspecified atom stereocenters. The molecule has 2 heterocycles. The van der Waals surface area contributed by atoms with E-state index < -0.39 is 0 Å². The summed E-state index contributed by atoms with van der Waals surface area (Å²) >= 11 is 0. The molecule has 17 heavy (non-hydrogen) atoms. The first kappa shape index (κ1) is 11.5. The number of hydrogen-bond donors (Lipinski definition) is 1. The van der Waals surface area contributed by atoms with Crippen LogP contribution in [-0.2, 0) is 0 Å². The molecular weight excluding hydrogens is 214 g/mol. The van der Waals surface area contributed by atoms with Crippen molar-refractivity contribution in [3.05, 3.63) is 30.1 Å². The largest absolute Gasteiger partial charge is 0.364 e. The SMILES string of the molecule is CC(C)(C)Nc1nc(C=O)cc2cccnc12. The number of aldehydes is 1. The van der Waals surface area contributed by atoms with Gasteiger partial charge in [0.1, 0.15) is 11.2 Å². The average Bonchev–Trinajstić information content (AvgIpc) is 2.26. The minimum Gasteiger partial charge on any atom is -0.364 e. The van der Waals surface area contributed by atoms with Gasteiger partial charge < -0.3 is 5.32 Å². The molecule has 0 aliphatic heterocycles. The van der Waals surface area contributed by atoms with Gasteiger partial charge in [0, 0.05) is 17.1 Å². The second kappa shape index (κ2) is 4.13.